The van der Waals surface area contributed by atoms with E-state index in [2.05, 4.69) is 51.8 Å². The van der Waals surface area contributed by atoms with Gasteiger partial charge in [-0.1, -0.05) is 20.8 Å². The topological polar surface area (TPSA) is 24.5 Å². The van der Waals surface area contributed by atoms with Crippen LogP contribution in [0.2, 0.25) is 0 Å². The van der Waals surface area contributed by atoms with Crippen molar-refractivity contribution in [2.24, 2.45) is 0 Å². The molecule has 3 heteroatoms. The first kappa shape index (κ1) is 17.9. The van der Waals surface area contributed by atoms with Gasteiger partial charge in [-0.15, -0.1) is 0 Å². The number of hydrogen-bond acceptors (Lipinski definition) is 3. The Hall–Kier alpha value is -0.120. The maximum Gasteiger partial charge on any atom is 0.0634 e. The minimum atomic E-state index is -0.0271. The Morgan fingerprint density at radius 1 is 1.15 bits per heavy atom. The lowest BCUT2D eigenvalue weighted by molar-refractivity contribution is -0.0333. The summed E-state index contributed by atoms with van der Waals surface area (Å²) in [7, 11) is 1.82. The molecule has 20 heavy (non-hydrogen) atoms. The Morgan fingerprint density at radius 3 is 2.20 bits per heavy atom. The fraction of sp³-hybridized carbons (Fsp3) is 1.00. The lowest BCUT2D eigenvalue weighted by Gasteiger charge is -2.54. The standard InChI is InChI=1S/C17H36N2O/c1-8-16(6)14-19(12-11-15(4,5)20-7)17(9-2,10-3)13-18-16/h18H,8-14H2,1-7H3. The fourth-order valence-electron chi connectivity index (χ4n) is 3.14. The third kappa shape index (κ3) is 3.96. The van der Waals surface area contributed by atoms with Gasteiger partial charge in [-0.05, 0) is 46.5 Å². The van der Waals surface area contributed by atoms with Crippen molar-refractivity contribution in [3.8, 4) is 0 Å². The van der Waals surface area contributed by atoms with Gasteiger partial charge in [0.25, 0.3) is 0 Å². The molecule has 1 aliphatic rings. The predicted molar refractivity (Wildman–Crippen MR) is 87.3 cm³/mol. The van der Waals surface area contributed by atoms with Crippen molar-refractivity contribution < 1.29 is 4.74 Å². The summed E-state index contributed by atoms with van der Waals surface area (Å²) in [4.78, 5) is 2.73. The third-order valence-corrected chi connectivity index (χ3v) is 5.69. The van der Waals surface area contributed by atoms with E-state index in [1.54, 1.807) is 0 Å². The number of nitrogens with one attached hydrogen (secondary N) is 1. The highest BCUT2D eigenvalue weighted by molar-refractivity contribution is 5.02. The first-order valence-corrected chi connectivity index (χ1v) is 8.31. The molecule has 0 amide bonds. The molecule has 1 saturated heterocycles. The summed E-state index contributed by atoms with van der Waals surface area (Å²) in [5, 5.41) is 3.81. The molecule has 0 bridgehead atoms. The molecule has 1 atom stereocenters. The molecule has 3 nitrogen and oxygen atoms in total. The van der Waals surface area contributed by atoms with E-state index in [4.69, 9.17) is 4.74 Å². The van der Waals surface area contributed by atoms with Crippen LogP contribution in [-0.4, -0.2) is 48.3 Å². The summed E-state index contributed by atoms with van der Waals surface area (Å²) in [6.07, 6.45) is 4.69. The van der Waals surface area contributed by atoms with Crippen LogP contribution in [0.5, 0.6) is 0 Å². The molecule has 1 rings (SSSR count). The smallest absolute Gasteiger partial charge is 0.0634 e. The van der Waals surface area contributed by atoms with Crippen LogP contribution in [0.4, 0.5) is 0 Å². The third-order valence-electron chi connectivity index (χ3n) is 5.69. The van der Waals surface area contributed by atoms with Crippen LogP contribution in [0.3, 0.4) is 0 Å². The molecule has 0 aromatic carbocycles. The highest BCUT2D eigenvalue weighted by atomic mass is 16.5. The Balaban J connectivity index is 2.82. The molecule has 1 N–H and O–H groups in total. The van der Waals surface area contributed by atoms with Gasteiger partial charge in [0.15, 0.2) is 0 Å². The van der Waals surface area contributed by atoms with Crippen LogP contribution >= 0.6 is 0 Å². The van der Waals surface area contributed by atoms with E-state index in [0.29, 0.717) is 5.54 Å². The zero-order valence-electron chi connectivity index (χ0n) is 14.8. The van der Waals surface area contributed by atoms with Crippen molar-refractivity contribution in [1.82, 2.24) is 10.2 Å². The molecule has 120 valence electrons. The molecule has 1 unspecified atom stereocenters. The zero-order valence-corrected chi connectivity index (χ0v) is 14.8. The van der Waals surface area contributed by atoms with Gasteiger partial charge in [0.1, 0.15) is 0 Å². The lowest BCUT2D eigenvalue weighted by Crippen LogP contribution is -2.69. The highest BCUT2D eigenvalue weighted by Crippen LogP contribution is 2.32. The van der Waals surface area contributed by atoms with Gasteiger partial charge in [0, 0.05) is 37.8 Å². The average molecular weight is 284 g/mol. The molecule has 0 radical (unpaired) electrons. The van der Waals surface area contributed by atoms with Crippen molar-refractivity contribution in [1.29, 1.82) is 0 Å². The maximum atomic E-state index is 5.60. The number of piperazine rings is 1. The summed E-state index contributed by atoms with van der Waals surface area (Å²) < 4.78 is 5.60. The van der Waals surface area contributed by atoms with Gasteiger partial charge in [-0.3, -0.25) is 4.90 Å². The molecule has 0 aromatic rings. The lowest BCUT2D eigenvalue weighted by atomic mass is 9.82. The minimum Gasteiger partial charge on any atom is -0.379 e. The molecule has 0 aromatic heterocycles. The van der Waals surface area contributed by atoms with Crippen LogP contribution in [0.15, 0.2) is 0 Å². The SMILES string of the molecule is CCC1(C)CN(CCC(C)(C)OC)C(CC)(CC)CN1. The number of methoxy groups -OCH3 is 1. The van der Waals surface area contributed by atoms with Gasteiger partial charge in [0.2, 0.25) is 0 Å². The first-order chi connectivity index (χ1) is 9.26. The van der Waals surface area contributed by atoms with Crippen molar-refractivity contribution in [2.75, 3.05) is 26.7 Å². The summed E-state index contributed by atoms with van der Waals surface area (Å²) in [6, 6.07) is 0. The quantitative estimate of drug-likeness (QED) is 0.775. The number of hydrogen-bond donors (Lipinski definition) is 1. The first-order valence-electron chi connectivity index (χ1n) is 8.31. The van der Waals surface area contributed by atoms with Crippen LogP contribution in [0, 0.1) is 0 Å². The highest BCUT2D eigenvalue weighted by Gasteiger charge is 2.42. The molecule has 1 aliphatic heterocycles. The van der Waals surface area contributed by atoms with Crippen LogP contribution in [-0.2, 0) is 4.74 Å². The van der Waals surface area contributed by atoms with Crippen molar-refractivity contribution in [3.05, 3.63) is 0 Å². The van der Waals surface area contributed by atoms with E-state index < -0.39 is 0 Å². The molecule has 0 aliphatic carbocycles. The fourth-order valence-corrected chi connectivity index (χ4v) is 3.14. The van der Waals surface area contributed by atoms with E-state index in [1.165, 1.54) is 19.3 Å². The monoisotopic (exact) mass is 284 g/mol. The largest absolute Gasteiger partial charge is 0.379 e. The summed E-state index contributed by atoms with van der Waals surface area (Å²) >= 11 is 0. The number of rotatable bonds is 7. The van der Waals surface area contributed by atoms with E-state index in [1.807, 2.05) is 7.11 Å². The molecule has 1 heterocycles. The second-order valence-corrected chi connectivity index (χ2v) is 7.33. The Labute approximate surface area is 126 Å². The second kappa shape index (κ2) is 6.76. The van der Waals surface area contributed by atoms with E-state index in [-0.39, 0.29) is 11.1 Å². The normalized spacial score (nSPS) is 27.8. The van der Waals surface area contributed by atoms with Crippen LogP contribution in [0.25, 0.3) is 0 Å². The molecular formula is C17H36N2O. The van der Waals surface area contributed by atoms with Gasteiger partial charge in [0.05, 0.1) is 5.60 Å². The number of ether oxygens (including phenoxy) is 1. The van der Waals surface area contributed by atoms with Gasteiger partial charge in [-0.2, -0.15) is 0 Å². The minimum absolute atomic E-state index is 0.0271. The second-order valence-electron chi connectivity index (χ2n) is 7.33. The molecule has 0 saturated carbocycles. The molecule has 0 spiro atoms. The molecule has 1 fully saturated rings. The Morgan fingerprint density at radius 2 is 1.75 bits per heavy atom. The van der Waals surface area contributed by atoms with Crippen LogP contribution in [0.1, 0.15) is 67.2 Å². The average Bonchev–Trinajstić information content (AvgIpc) is 2.46. The summed E-state index contributed by atoms with van der Waals surface area (Å²) in [6.45, 7) is 17.1. The van der Waals surface area contributed by atoms with E-state index in [0.717, 1.165) is 26.1 Å². The van der Waals surface area contributed by atoms with Crippen LogP contribution < -0.4 is 5.32 Å². The predicted octanol–water partition coefficient (Wildman–Crippen LogP) is 3.43. The maximum absolute atomic E-state index is 5.60. The summed E-state index contributed by atoms with van der Waals surface area (Å²) in [5.41, 5.74) is 0.546. The van der Waals surface area contributed by atoms with Crippen molar-refractivity contribution in [3.63, 3.8) is 0 Å². The summed E-state index contributed by atoms with van der Waals surface area (Å²) in [5.74, 6) is 0. The van der Waals surface area contributed by atoms with Crippen molar-refractivity contribution >= 4 is 0 Å². The van der Waals surface area contributed by atoms with Crippen molar-refractivity contribution in [2.45, 2.75) is 83.9 Å². The van der Waals surface area contributed by atoms with Gasteiger partial charge >= 0.3 is 0 Å². The van der Waals surface area contributed by atoms with Gasteiger partial charge < -0.3 is 10.1 Å². The Kier molecular flexibility index (Phi) is 6.06. The zero-order chi connectivity index (χ0) is 15.4. The van der Waals surface area contributed by atoms with E-state index in [9.17, 15) is 0 Å². The molecular weight excluding hydrogens is 248 g/mol. The van der Waals surface area contributed by atoms with Gasteiger partial charge in [-0.25, -0.2) is 0 Å². The number of nitrogens with zero attached hydrogens (tertiary/aromatic N) is 1. The Bertz CT molecular complexity index is 299. The van der Waals surface area contributed by atoms with E-state index >= 15 is 0 Å².